The van der Waals surface area contributed by atoms with Gasteiger partial charge in [0.25, 0.3) is 0 Å². The molecule has 0 fully saturated rings. The predicted molar refractivity (Wildman–Crippen MR) is 76.3 cm³/mol. The Balaban J connectivity index is 2.28. The highest BCUT2D eigenvalue weighted by Gasteiger charge is 2.16. The summed E-state index contributed by atoms with van der Waals surface area (Å²) in [6.45, 7) is 5.08. The predicted octanol–water partition coefficient (Wildman–Crippen LogP) is 0.393. The number of nitrogen functional groups attached to an aromatic ring is 1. The average Bonchev–Trinajstić information content (AvgIpc) is 2.65. The third kappa shape index (κ3) is 2.57. The van der Waals surface area contributed by atoms with Crippen LogP contribution in [0.5, 0.6) is 0 Å². The summed E-state index contributed by atoms with van der Waals surface area (Å²) in [5, 5.41) is 3.60. The maximum atomic E-state index is 11.9. The summed E-state index contributed by atoms with van der Waals surface area (Å²) < 4.78 is 6.75. The van der Waals surface area contributed by atoms with Crippen LogP contribution in [0.1, 0.15) is 11.3 Å². The van der Waals surface area contributed by atoms with Crippen LogP contribution in [0.2, 0.25) is 0 Å². The number of nitrogens with zero attached hydrogens (tertiary/aromatic N) is 3. The number of methoxy groups -OCH3 is 1. The van der Waals surface area contributed by atoms with E-state index in [4.69, 9.17) is 10.5 Å². The Kier molecular flexibility index (Phi) is 4.19. The molecule has 2 heterocycles. The zero-order chi connectivity index (χ0) is 14.7. The Morgan fingerprint density at radius 1 is 1.45 bits per heavy atom. The van der Waals surface area contributed by atoms with Gasteiger partial charge in [-0.15, -0.1) is 0 Å². The summed E-state index contributed by atoms with van der Waals surface area (Å²) in [4.78, 5) is 20.2. The van der Waals surface area contributed by atoms with E-state index in [1.807, 2.05) is 18.4 Å². The molecule has 2 rings (SSSR count). The SMILES string of the molecule is COCCNC(=O)Cn1c(C)c(C)c2c(N)ncnc21. The van der Waals surface area contributed by atoms with Crippen LogP contribution < -0.4 is 11.1 Å². The maximum absolute atomic E-state index is 11.9. The molecule has 0 radical (unpaired) electrons. The molecule has 0 atom stereocenters. The first-order valence-electron chi connectivity index (χ1n) is 6.37. The van der Waals surface area contributed by atoms with E-state index in [1.165, 1.54) is 6.33 Å². The minimum absolute atomic E-state index is 0.0840. The quantitative estimate of drug-likeness (QED) is 0.771. The molecule has 0 aliphatic carbocycles. The number of hydrogen-bond acceptors (Lipinski definition) is 5. The summed E-state index contributed by atoms with van der Waals surface area (Å²) in [5.74, 6) is 0.355. The van der Waals surface area contributed by atoms with Crippen molar-refractivity contribution in [3.8, 4) is 0 Å². The van der Waals surface area contributed by atoms with E-state index in [1.54, 1.807) is 7.11 Å². The summed E-state index contributed by atoms with van der Waals surface area (Å²) in [5.41, 5.74) is 8.55. The summed E-state index contributed by atoms with van der Waals surface area (Å²) in [6.07, 6.45) is 1.41. The summed E-state index contributed by atoms with van der Waals surface area (Å²) in [6, 6.07) is 0. The molecule has 1 amide bonds. The van der Waals surface area contributed by atoms with Crippen molar-refractivity contribution in [2.24, 2.45) is 0 Å². The third-order valence-electron chi connectivity index (χ3n) is 3.36. The van der Waals surface area contributed by atoms with Gasteiger partial charge in [0.1, 0.15) is 24.3 Å². The lowest BCUT2D eigenvalue weighted by Gasteiger charge is -2.08. The van der Waals surface area contributed by atoms with Crippen LogP contribution in [0, 0.1) is 13.8 Å². The van der Waals surface area contributed by atoms with Crippen LogP contribution >= 0.6 is 0 Å². The third-order valence-corrected chi connectivity index (χ3v) is 3.36. The average molecular weight is 277 g/mol. The van der Waals surface area contributed by atoms with Gasteiger partial charge >= 0.3 is 0 Å². The fourth-order valence-corrected chi connectivity index (χ4v) is 2.18. The van der Waals surface area contributed by atoms with Gasteiger partial charge < -0.3 is 20.4 Å². The molecule has 2 aromatic heterocycles. The second kappa shape index (κ2) is 5.87. The van der Waals surface area contributed by atoms with Gasteiger partial charge in [-0.2, -0.15) is 0 Å². The van der Waals surface area contributed by atoms with Crippen molar-refractivity contribution in [3.63, 3.8) is 0 Å². The lowest BCUT2D eigenvalue weighted by atomic mass is 10.2. The Morgan fingerprint density at radius 2 is 2.20 bits per heavy atom. The second-order valence-corrected chi connectivity index (χ2v) is 4.60. The second-order valence-electron chi connectivity index (χ2n) is 4.60. The molecule has 2 aromatic rings. The number of anilines is 1. The van der Waals surface area contributed by atoms with E-state index in [0.29, 0.717) is 24.6 Å². The minimum Gasteiger partial charge on any atom is -0.383 e. The monoisotopic (exact) mass is 277 g/mol. The van der Waals surface area contributed by atoms with E-state index in [9.17, 15) is 4.79 Å². The van der Waals surface area contributed by atoms with E-state index in [2.05, 4.69) is 15.3 Å². The van der Waals surface area contributed by atoms with Crippen molar-refractivity contribution < 1.29 is 9.53 Å². The van der Waals surface area contributed by atoms with Crippen molar-refractivity contribution in [1.29, 1.82) is 0 Å². The standard InChI is InChI=1S/C13H19N5O2/c1-8-9(2)18(6-10(19)15-4-5-20-3)13-11(8)12(14)16-7-17-13/h7H,4-6H2,1-3H3,(H,15,19)(H2,14,16,17). The van der Waals surface area contributed by atoms with Crippen molar-refractivity contribution in [2.75, 3.05) is 26.0 Å². The number of rotatable bonds is 5. The molecule has 0 aliphatic heterocycles. The Bertz CT molecular complexity index is 635. The molecule has 0 aromatic carbocycles. The molecule has 0 bridgehead atoms. The van der Waals surface area contributed by atoms with Crippen LogP contribution in [0.25, 0.3) is 11.0 Å². The van der Waals surface area contributed by atoms with Crippen LogP contribution in [-0.4, -0.2) is 40.7 Å². The van der Waals surface area contributed by atoms with Crippen molar-refractivity contribution in [3.05, 3.63) is 17.6 Å². The summed E-state index contributed by atoms with van der Waals surface area (Å²) >= 11 is 0. The number of carbonyl (C=O) groups excluding carboxylic acids is 1. The van der Waals surface area contributed by atoms with Crippen LogP contribution in [-0.2, 0) is 16.1 Å². The van der Waals surface area contributed by atoms with Gasteiger partial charge in [0.15, 0.2) is 0 Å². The highest BCUT2D eigenvalue weighted by molar-refractivity contribution is 5.91. The van der Waals surface area contributed by atoms with E-state index in [0.717, 1.165) is 16.6 Å². The van der Waals surface area contributed by atoms with Gasteiger partial charge in [-0.3, -0.25) is 4.79 Å². The number of nitrogens with one attached hydrogen (secondary N) is 1. The fraction of sp³-hybridized carbons (Fsp3) is 0.462. The zero-order valence-electron chi connectivity index (χ0n) is 11.9. The highest BCUT2D eigenvalue weighted by Crippen LogP contribution is 2.26. The normalized spacial score (nSPS) is 10.9. The zero-order valence-corrected chi connectivity index (χ0v) is 11.9. The van der Waals surface area contributed by atoms with E-state index < -0.39 is 0 Å². The number of ether oxygens (including phenoxy) is 1. The molecule has 20 heavy (non-hydrogen) atoms. The van der Waals surface area contributed by atoms with Gasteiger partial charge in [-0.05, 0) is 19.4 Å². The first-order valence-corrected chi connectivity index (χ1v) is 6.37. The Morgan fingerprint density at radius 3 is 2.90 bits per heavy atom. The number of fused-ring (bicyclic) bond motifs is 1. The molecule has 108 valence electrons. The van der Waals surface area contributed by atoms with Crippen molar-refractivity contribution in [2.45, 2.75) is 20.4 Å². The smallest absolute Gasteiger partial charge is 0.240 e. The molecule has 0 saturated heterocycles. The fourth-order valence-electron chi connectivity index (χ4n) is 2.18. The Hall–Kier alpha value is -2.15. The van der Waals surface area contributed by atoms with Crippen molar-refractivity contribution in [1.82, 2.24) is 19.9 Å². The van der Waals surface area contributed by atoms with Crippen LogP contribution in [0.3, 0.4) is 0 Å². The molecule has 0 aliphatic rings. The number of hydrogen-bond donors (Lipinski definition) is 2. The maximum Gasteiger partial charge on any atom is 0.240 e. The molecule has 0 spiro atoms. The minimum atomic E-state index is -0.0840. The van der Waals surface area contributed by atoms with Gasteiger partial charge in [0.05, 0.1) is 12.0 Å². The van der Waals surface area contributed by atoms with Crippen LogP contribution in [0.4, 0.5) is 5.82 Å². The highest BCUT2D eigenvalue weighted by atomic mass is 16.5. The number of carbonyl (C=O) groups is 1. The number of aromatic nitrogens is 3. The molecular formula is C13H19N5O2. The largest absolute Gasteiger partial charge is 0.383 e. The number of amides is 1. The first kappa shape index (κ1) is 14.3. The van der Waals surface area contributed by atoms with Crippen LogP contribution in [0.15, 0.2) is 6.33 Å². The molecule has 7 heteroatoms. The van der Waals surface area contributed by atoms with E-state index >= 15 is 0 Å². The lowest BCUT2D eigenvalue weighted by molar-refractivity contribution is -0.121. The topological polar surface area (TPSA) is 95.1 Å². The number of nitrogens with two attached hydrogens (primary N) is 1. The first-order chi connectivity index (χ1) is 9.56. The van der Waals surface area contributed by atoms with E-state index in [-0.39, 0.29) is 12.5 Å². The molecule has 0 unspecified atom stereocenters. The molecule has 0 saturated carbocycles. The number of aryl methyl sites for hydroxylation is 1. The van der Waals surface area contributed by atoms with Crippen molar-refractivity contribution >= 4 is 22.8 Å². The summed E-state index contributed by atoms with van der Waals surface area (Å²) in [7, 11) is 1.60. The van der Waals surface area contributed by atoms with Gasteiger partial charge in [-0.1, -0.05) is 0 Å². The Labute approximate surface area is 117 Å². The molecule has 7 nitrogen and oxygen atoms in total. The molecule has 3 N–H and O–H groups in total. The lowest BCUT2D eigenvalue weighted by Crippen LogP contribution is -2.30. The van der Waals surface area contributed by atoms with Gasteiger partial charge in [-0.25, -0.2) is 9.97 Å². The van der Waals surface area contributed by atoms with Gasteiger partial charge in [0.2, 0.25) is 5.91 Å². The molecular weight excluding hydrogens is 258 g/mol. The van der Waals surface area contributed by atoms with Gasteiger partial charge in [0, 0.05) is 19.3 Å².